The minimum atomic E-state index is -0.454. The maximum Gasteiger partial charge on any atom is 0.219 e. The lowest BCUT2D eigenvalue weighted by molar-refractivity contribution is -0.118. The monoisotopic (exact) mass is 251 g/mol. The largest absolute Gasteiger partial charge is 0.492 e. The lowest BCUT2D eigenvalue weighted by Gasteiger charge is -2.27. The van der Waals surface area contributed by atoms with Gasteiger partial charge in [0.2, 0.25) is 5.91 Å². The van der Waals surface area contributed by atoms with Crippen molar-refractivity contribution in [3.63, 3.8) is 0 Å². The highest BCUT2D eigenvalue weighted by molar-refractivity contribution is 5.77. The van der Waals surface area contributed by atoms with E-state index in [1.807, 2.05) is 39.0 Å². The fraction of sp³-hybridized carbons (Fsp3) is 0.462. The Hall–Kier alpha value is -1.91. The molecule has 5 N–H and O–H groups in total. The van der Waals surface area contributed by atoms with E-state index in [-0.39, 0.29) is 12.3 Å². The van der Waals surface area contributed by atoms with Gasteiger partial charge in [-0.3, -0.25) is 4.79 Å². The van der Waals surface area contributed by atoms with Crippen molar-refractivity contribution < 1.29 is 9.53 Å². The molecule has 0 atom stereocenters. The Morgan fingerprint density at radius 2 is 2.11 bits per heavy atom. The van der Waals surface area contributed by atoms with Crippen LogP contribution in [-0.4, -0.2) is 18.1 Å². The Balaban J connectivity index is 2.90. The summed E-state index contributed by atoms with van der Waals surface area (Å²) in [6, 6.07) is 5.51. The molecule has 0 bridgehead atoms. The van der Waals surface area contributed by atoms with Crippen LogP contribution >= 0.6 is 0 Å². The predicted octanol–water partition coefficient (Wildman–Crippen LogP) is 1.73. The molecule has 1 amide bonds. The third-order valence-corrected chi connectivity index (χ3v) is 2.46. The molecule has 0 aromatic heterocycles. The molecule has 1 rings (SSSR count). The summed E-state index contributed by atoms with van der Waals surface area (Å²) >= 11 is 0. The Kier molecular flexibility index (Phi) is 4.42. The van der Waals surface area contributed by atoms with E-state index in [2.05, 4.69) is 5.32 Å². The number of nitrogens with two attached hydrogens (primary N) is 2. The fourth-order valence-corrected chi connectivity index (χ4v) is 1.78. The smallest absolute Gasteiger partial charge is 0.219 e. The number of para-hydroxylation sites is 1. The second-order valence-electron chi connectivity index (χ2n) is 4.80. The zero-order chi connectivity index (χ0) is 13.8. The number of hydrogen-bond acceptors (Lipinski definition) is 4. The van der Waals surface area contributed by atoms with Crippen LogP contribution in [0, 0.1) is 0 Å². The van der Waals surface area contributed by atoms with E-state index in [4.69, 9.17) is 16.2 Å². The number of ether oxygens (including phenoxy) is 1. The predicted molar refractivity (Wildman–Crippen MR) is 73.5 cm³/mol. The highest BCUT2D eigenvalue weighted by Crippen LogP contribution is 2.31. The molecule has 0 heterocycles. The average Bonchev–Trinajstić information content (AvgIpc) is 2.22. The Labute approximate surface area is 107 Å². The minimum absolute atomic E-state index is 0.227. The van der Waals surface area contributed by atoms with Crippen molar-refractivity contribution >= 4 is 17.3 Å². The topological polar surface area (TPSA) is 90.4 Å². The molecule has 0 fully saturated rings. The summed E-state index contributed by atoms with van der Waals surface area (Å²) in [5, 5.41) is 3.21. The van der Waals surface area contributed by atoms with E-state index in [1.165, 1.54) is 0 Å². The zero-order valence-corrected chi connectivity index (χ0v) is 11.1. The van der Waals surface area contributed by atoms with Gasteiger partial charge >= 0.3 is 0 Å². The standard InChI is InChI=1S/C13H21N3O2/c1-4-18-10-7-5-6-9(12(10)15)16-13(2,3)8-11(14)17/h5-7,16H,4,8,15H2,1-3H3,(H2,14,17). The molecule has 18 heavy (non-hydrogen) atoms. The van der Waals surface area contributed by atoms with Crippen LogP contribution in [0.4, 0.5) is 11.4 Å². The van der Waals surface area contributed by atoms with Crippen molar-refractivity contribution in [2.45, 2.75) is 32.7 Å². The quantitative estimate of drug-likeness (QED) is 0.672. The molecule has 5 heteroatoms. The van der Waals surface area contributed by atoms with Crippen molar-refractivity contribution in [2.24, 2.45) is 5.73 Å². The van der Waals surface area contributed by atoms with Crippen LogP contribution in [0.3, 0.4) is 0 Å². The molecular weight excluding hydrogens is 230 g/mol. The summed E-state index contributed by atoms with van der Waals surface area (Å²) < 4.78 is 5.42. The number of anilines is 2. The molecular formula is C13H21N3O2. The van der Waals surface area contributed by atoms with E-state index in [1.54, 1.807) is 0 Å². The molecule has 0 unspecified atom stereocenters. The maximum absolute atomic E-state index is 11.0. The number of rotatable bonds is 6. The van der Waals surface area contributed by atoms with Gasteiger partial charge in [0.05, 0.1) is 18.0 Å². The number of benzene rings is 1. The second kappa shape index (κ2) is 5.62. The number of nitrogen functional groups attached to an aromatic ring is 1. The lowest BCUT2D eigenvalue weighted by Crippen LogP contribution is -2.36. The molecule has 0 aliphatic heterocycles. The van der Waals surface area contributed by atoms with Gasteiger partial charge in [-0.1, -0.05) is 6.07 Å². The first-order valence-electron chi connectivity index (χ1n) is 5.93. The van der Waals surface area contributed by atoms with Gasteiger partial charge in [0.15, 0.2) is 0 Å². The van der Waals surface area contributed by atoms with Gasteiger partial charge in [0.25, 0.3) is 0 Å². The summed E-state index contributed by atoms with van der Waals surface area (Å²) in [5.41, 5.74) is 12.0. The van der Waals surface area contributed by atoms with E-state index in [9.17, 15) is 4.79 Å². The number of hydrogen-bond donors (Lipinski definition) is 3. The normalized spacial score (nSPS) is 11.1. The van der Waals surface area contributed by atoms with Gasteiger partial charge in [-0.2, -0.15) is 0 Å². The molecule has 0 aliphatic rings. The molecule has 0 aliphatic carbocycles. The number of amides is 1. The molecule has 1 aromatic rings. The van der Waals surface area contributed by atoms with E-state index >= 15 is 0 Å². The Morgan fingerprint density at radius 3 is 2.67 bits per heavy atom. The van der Waals surface area contributed by atoms with Gasteiger partial charge in [0, 0.05) is 12.0 Å². The van der Waals surface area contributed by atoms with E-state index in [0.717, 1.165) is 5.69 Å². The minimum Gasteiger partial charge on any atom is -0.492 e. The Bertz CT molecular complexity index is 430. The number of carbonyl (C=O) groups is 1. The van der Waals surface area contributed by atoms with Crippen LogP contribution in [0.1, 0.15) is 27.2 Å². The van der Waals surface area contributed by atoms with Crippen LogP contribution in [0.15, 0.2) is 18.2 Å². The van der Waals surface area contributed by atoms with Crippen LogP contribution in [-0.2, 0) is 4.79 Å². The van der Waals surface area contributed by atoms with Crippen LogP contribution < -0.4 is 21.5 Å². The molecule has 5 nitrogen and oxygen atoms in total. The molecule has 100 valence electrons. The van der Waals surface area contributed by atoms with Gasteiger partial charge in [-0.25, -0.2) is 0 Å². The van der Waals surface area contributed by atoms with Crippen molar-refractivity contribution in [1.29, 1.82) is 0 Å². The summed E-state index contributed by atoms with van der Waals surface area (Å²) in [7, 11) is 0. The van der Waals surface area contributed by atoms with E-state index in [0.29, 0.717) is 18.0 Å². The van der Waals surface area contributed by atoms with Crippen LogP contribution in [0.25, 0.3) is 0 Å². The maximum atomic E-state index is 11.0. The van der Waals surface area contributed by atoms with Crippen LogP contribution in [0.2, 0.25) is 0 Å². The first kappa shape index (κ1) is 14.2. The molecule has 1 aromatic carbocycles. The fourth-order valence-electron chi connectivity index (χ4n) is 1.78. The van der Waals surface area contributed by atoms with E-state index < -0.39 is 5.54 Å². The van der Waals surface area contributed by atoms with Crippen molar-refractivity contribution in [1.82, 2.24) is 0 Å². The summed E-state index contributed by atoms with van der Waals surface area (Å²) in [6.07, 6.45) is 0.227. The SMILES string of the molecule is CCOc1cccc(NC(C)(C)CC(N)=O)c1N. The summed E-state index contributed by atoms with van der Waals surface area (Å²) in [4.78, 5) is 11.0. The molecule has 0 radical (unpaired) electrons. The third kappa shape index (κ3) is 3.84. The van der Waals surface area contributed by atoms with Gasteiger partial charge in [0.1, 0.15) is 5.75 Å². The average molecular weight is 251 g/mol. The highest BCUT2D eigenvalue weighted by atomic mass is 16.5. The van der Waals surface area contributed by atoms with Gasteiger partial charge < -0.3 is 21.5 Å². The van der Waals surface area contributed by atoms with Crippen molar-refractivity contribution in [3.05, 3.63) is 18.2 Å². The zero-order valence-electron chi connectivity index (χ0n) is 11.1. The van der Waals surface area contributed by atoms with Crippen molar-refractivity contribution in [3.8, 4) is 5.75 Å². The lowest BCUT2D eigenvalue weighted by atomic mass is 9.99. The highest BCUT2D eigenvalue weighted by Gasteiger charge is 2.21. The summed E-state index contributed by atoms with van der Waals surface area (Å²) in [5.74, 6) is 0.282. The van der Waals surface area contributed by atoms with Gasteiger partial charge in [-0.05, 0) is 32.9 Å². The number of carbonyl (C=O) groups excluding carboxylic acids is 1. The molecule has 0 saturated carbocycles. The first-order valence-corrected chi connectivity index (χ1v) is 5.93. The molecule has 0 saturated heterocycles. The number of primary amides is 1. The van der Waals surface area contributed by atoms with Crippen molar-refractivity contribution in [2.75, 3.05) is 17.7 Å². The molecule has 0 spiro atoms. The number of nitrogens with one attached hydrogen (secondary N) is 1. The summed E-state index contributed by atoms with van der Waals surface area (Å²) in [6.45, 7) is 6.24. The Morgan fingerprint density at radius 1 is 1.44 bits per heavy atom. The van der Waals surface area contributed by atoms with Gasteiger partial charge in [-0.15, -0.1) is 0 Å². The second-order valence-corrected chi connectivity index (χ2v) is 4.80. The van der Waals surface area contributed by atoms with Crippen LogP contribution in [0.5, 0.6) is 5.75 Å². The first-order chi connectivity index (χ1) is 8.35. The third-order valence-electron chi connectivity index (χ3n) is 2.46.